The first-order chi connectivity index (χ1) is 9.88. The standard InChI is InChI=1S/C16H23NO4/c1-5-13(6-2)17-14(18)9-21-15-10(3)7-12(16(19)20)8-11(15)4/h7-8,13H,5-6,9H2,1-4H3,(H,17,18)(H,19,20). The van der Waals surface area contributed by atoms with Gasteiger partial charge >= 0.3 is 5.97 Å². The predicted octanol–water partition coefficient (Wildman–Crippen LogP) is 2.69. The number of benzene rings is 1. The Balaban J connectivity index is 2.72. The van der Waals surface area contributed by atoms with Crippen molar-refractivity contribution in [3.63, 3.8) is 0 Å². The minimum absolute atomic E-state index is 0.0649. The smallest absolute Gasteiger partial charge is 0.335 e. The first-order valence-corrected chi connectivity index (χ1v) is 7.15. The van der Waals surface area contributed by atoms with Crippen molar-refractivity contribution >= 4 is 11.9 Å². The molecule has 21 heavy (non-hydrogen) atoms. The molecule has 0 unspecified atom stereocenters. The van der Waals surface area contributed by atoms with Crippen LogP contribution in [0.5, 0.6) is 5.75 Å². The van der Waals surface area contributed by atoms with Crippen LogP contribution in [0.4, 0.5) is 0 Å². The van der Waals surface area contributed by atoms with Crippen molar-refractivity contribution in [2.45, 2.75) is 46.6 Å². The molecule has 1 aromatic carbocycles. The molecule has 0 spiro atoms. The summed E-state index contributed by atoms with van der Waals surface area (Å²) < 4.78 is 5.55. The molecule has 116 valence electrons. The highest BCUT2D eigenvalue weighted by Gasteiger charge is 2.13. The number of aromatic carboxylic acids is 1. The van der Waals surface area contributed by atoms with Crippen LogP contribution in [-0.2, 0) is 4.79 Å². The first kappa shape index (κ1) is 17.0. The Bertz CT molecular complexity index is 498. The van der Waals surface area contributed by atoms with Gasteiger partial charge in [0.1, 0.15) is 5.75 Å². The molecule has 0 fully saturated rings. The zero-order valence-electron chi connectivity index (χ0n) is 13.0. The number of rotatable bonds is 7. The van der Waals surface area contributed by atoms with E-state index in [-0.39, 0.29) is 24.1 Å². The van der Waals surface area contributed by atoms with Gasteiger partial charge in [0.2, 0.25) is 0 Å². The van der Waals surface area contributed by atoms with Crippen LogP contribution >= 0.6 is 0 Å². The van der Waals surface area contributed by atoms with Crippen molar-refractivity contribution in [2.75, 3.05) is 6.61 Å². The van der Waals surface area contributed by atoms with Crippen molar-refractivity contribution < 1.29 is 19.4 Å². The van der Waals surface area contributed by atoms with Gasteiger partial charge < -0.3 is 15.2 Å². The van der Waals surface area contributed by atoms with Crippen LogP contribution in [0.1, 0.15) is 48.2 Å². The Kier molecular flexibility index (Phi) is 6.21. The number of carbonyl (C=O) groups is 2. The highest BCUT2D eigenvalue weighted by molar-refractivity contribution is 5.88. The van der Waals surface area contributed by atoms with Crippen LogP contribution < -0.4 is 10.1 Å². The number of ether oxygens (including phenoxy) is 1. The maximum atomic E-state index is 11.8. The molecule has 1 rings (SSSR count). The molecule has 2 N–H and O–H groups in total. The largest absolute Gasteiger partial charge is 0.483 e. The number of hydrogen-bond acceptors (Lipinski definition) is 3. The summed E-state index contributed by atoms with van der Waals surface area (Å²) in [6.07, 6.45) is 1.77. The highest BCUT2D eigenvalue weighted by Crippen LogP contribution is 2.24. The zero-order chi connectivity index (χ0) is 16.0. The average molecular weight is 293 g/mol. The van der Waals surface area contributed by atoms with Crippen molar-refractivity contribution in [2.24, 2.45) is 0 Å². The summed E-state index contributed by atoms with van der Waals surface area (Å²) in [4.78, 5) is 22.8. The van der Waals surface area contributed by atoms with Crippen molar-refractivity contribution in [3.05, 3.63) is 28.8 Å². The normalized spacial score (nSPS) is 10.5. The quantitative estimate of drug-likeness (QED) is 0.810. The van der Waals surface area contributed by atoms with Crippen LogP contribution in [0.2, 0.25) is 0 Å². The molecule has 0 radical (unpaired) electrons. The van der Waals surface area contributed by atoms with E-state index in [1.165, 1.54) is 0 Å². The number of carboxylic acid groups (broad SMARTS) is 1. The van der Waals surface area contributed by atoms with E-state index < -0.39 is 5.97 Å². The van der Waals surface area contributed by atoms with E-state index in [4.69, 9.17) is 9.84 Å². The second-order valence-electron chi connectivity index (χ2n) is 5.11. The number of nitrogens with one attached hydrogen (secondary N) is 1. The number of carbonyl (C=O) groups excluding carboxylic acids is 1. The Hall–Kier alpha value is -2.04. The molecule has 0 aliphatic heterocycles. The van der Waals surface area contributed by atoms with Crippen LogP contribution in [-0.4, -0.2) is 29.6 Å². The molecule has 0 saturated carbocycles. The second kappa shape index (κ2) is 7.67. The molecule has 5 nitrogen and oxygen atoms in total. The Morgan fingerprint density at radius 3 is 2.14 bits per heavy atom. The summed E-state index contributed by atoms with van der Waals surface area (Å²) in [6.45, 7) is 7.52. The second-order valence-corrected chi connectivity index (χ2v) is 5.11. The SMILES string of the molecule is CCC(CC)NC(=O)COc1c(C)cc(C(=O)O)cc1C. The summed E-state index contributed by atoms with van der Waals surface area (Å²) in [7, 11) is 0. The first-order valence-electron chi connectivity index (χ1n) is 7.15. The molecule has 0 atom stereocenters. The van der Waals surface area contributed by atoms with Crippen LogP contribution in [0, 0.1) is 13.8 Å². The summed E-state index contributed by atoms with van der Waals surface area (Å²) >= 11 is 0. The number of amides is 1. The van der Waals surface area contributed by atoms with Gasteiger partial charge in [0.25, 0.3) is 5.91 Å². The van der Waals surface area contributed by atoms with Gasteiger partial charge in [0.15, 0.2) is 6.61 Å². The van der Waals surface area contributed by atoms with E-state index >= 15 is 0 Å². The lowest BCUT2D eigenvalue weighted by atomic mass is 10.1. The third kappa shape index (κ3) is 4.77. The fourth-order valence-corrected chi connectivity index (χ4v) is 2.20. The fraction of sp³-hybridized carbons (Fsp3) is 0.500. The average Bonchev–Trinajstić information content (AvgIpc) is 2.43. The maximum Gasteiger partial charge on any atom is 0.335 e. The van der Waals surface area contributed by atoms with Crippen molar-refractivity contribution in [1.82, 2.24) is 5.32 Å². The van der Waals surface area contributed by atoms with Gasteiger partial charge in [-0.05, 0) is 49.9 Å². The van der Waals surface area contributed by atoms with Gasteiger partial charge in [0.05, 0.1) is 5.56 Å². The van der Waals surface area contributed by atoms with Gasteiger partial charge in [-0.2, -0.15) is 0 Å². The number of hydrogen-bond donors (Lipinski definition) is 2. The molecule has 5 heteroatoms. The van der Waals surface area contributed by atoms with Crippen LogP contribution in [0.3, 0.4) is 0 Å². The van der Waals surface area contributed by atoms with E-state index in [0.29, 0.717) is 16.9 Å². The molecule has 0 saturated heterocycles. The van der Waals surface area contributed by atoms with Crippen LogP contribution in [0.25, 0.3) is 0 Å². The van der Waals surface area contributed by atoms with Crippen molar-refractivity contribution in [1.29, 1.82) is 0 Å². The minimum Gasteiger partial charge on any atom is -0.483 e. The lowest BCUT2D eigenvalue weighted by Crippen LogP contribution is -2.37. The number of carboxylic acids is 1. The summed E-state index contributed by atoms with van der Waals surface area (Å²) in [5.74, 6) is -0.566. The molecule has 1 aromatic rings. The van der Waals surface area contributed by atoms with Gasteiger partial charge in [-0.15, -0.1) is 0 Å². The van der Waals surface area contributed by atoms with E-state index in [1.807, 2.05) is 13.8 Å². The molecular formula is C16H23NO4. The summed E-state index contributed by atoms with van der Waals surface area (Å²) in [5.41, 5.74) is 1.64. The van der Waals surface area contributed by atoms with Crippen molar-refractivity contribution in [3.8, 4) is 5.75 Å². The Labute approximate surface area is 125 Å². The molecule has 1 amide bonds. The fourth-order valence-electron chi connectivity index (χ4n) is 2.20. The molecular weight excluding hydrogens is 270 g/mol. The monoisotopic (exact) mass is 293 g/mol. The van der Waals surface area contributed by atoms with E-state index in [9.17, 15) is 9.59 Å². The molecule has 0 heterocycles. The molecule has 0 bridgehead atoms. The molecule has 0 aromatic heterocycles. The maximum absolute atomic E-state index is 11.8. The lowest BCUT2D eigenvalue weighted by Gasteiger charge is -2.16. The highest BCUT2D eigenvalue weighted by atomic mass is 16.5. The zero-order valence-corrected chi connectivity index (χ0v) is 13.0. The Morgan fingerprint density at radius 1 is 1.19 bits per heavy atom. The van der Waals surface area contributed by atoms with E-state index in [1.54, 1.807) is 26.0 Å². The summed E-state index contributed by atoms with van der Waals surface area (Å²) in [6, 6.07) is 3.25. The minimum atomic E-state index is -0.973. The summed E-state index contributed by atoms with van der Waals surface area (Å²) in [5, 5.41) is 11.9. The van der Waals surface area contributed by atoms with Gasteiger partial charge in [-0.25, -0.2) is 4.79 Å². The molecule has 0 aliphatic carbocycles. The van der Waals surface area contributed by atoms with Gasteiger partial charge in [-0.3, -0.25) is 4.79 Å². The topological polar surface area (TPSA) is 75.6 Å². The molecule has 0 aliphatic rings. The third-order valence-corrected chi connectivity index (χ3v) is 3.41. The van der Waals surface area contributed by atoms with Gasteiger partial charge in [-0.1, -0.05) is 13.8 Å². The number of aryl methyl sites for hydroxylation is 2. The Morgan fingerprint density at radius 2 is 1.71 bits per heavy atom. The van der Waals surface area contributed by atoms with E-state index in [0.717, 1.165) is 12.8 Å². The lowest BCUT2D eigenvalue weighted by molar-refractivity contribution is -0.123. The van der Waals surface area contributed by atoms with Gasteiger partial charge in [0, 0.05) is 6.04 Å². The van der Waals surface area contributed by atoms with Crippen LogP contribution in [0.15, 0.2) is 12.1 Å². The third-order valence-electron chi connectivity index (χ3n) is 3.41. The predicted molar refractivity (Wildman–Crippen MR) is 80.9 cm³/mol. The van der Waals surface area contributed by atoms with E-state index in [2.05, 4.69) is 5.32 Å².